The molecular weight excluding hydrogens is 385 g/mol. The minimum absolute atomic E-state index is 0.0547. The number of nitrogens with one attached hydrogen (secondary N) is 1. The Morgan fingerprint density at radius 3 is 2.61 bits per heavy atom. The molecule has 3 rings (SSSR count). The number of nitrogens with two attached hydrogens (primary N) is 1. The summed E-state index contributed by atoms with van der Waals surface area (Å²) >= 11 is 1.12. The van der Waals surface area contributed by atoms with Crippen LogP contribution in [-0.2, 0) is 4.79 Å². The smallest absolute Gasteiger partial charge is 0.234 e. The van der Waals surface area contributed by atoms with E-state index in [-0.39, 0.29) is 17.5 Å². The van der Waals surface area contributed by atoms with Crippen molar-refractivity contribution in [3.63, 3.8) is 0 Å². The first-order valence-electron chi connectivity index (χ1n) is 8.13. The Bertz CT molecular complexity index is 978. The van der Waals surface area contributed by atoms with Crippen molar-refractivity contribution in [1.29, 1.82) is 0 Å². The molecule has 0 unspecified atom stereocenters. The van der Waals surface area contributed by atoms with E-state index in [9.17, 15) is 9.18 Å². The molecule has 0 atom stereocenters. The van der Waals surface area contributed by atoms with Crippen molar-refractivity contribution < 1.29 is 18.7 Å². The standard InChI is InChI=1S/C18H18FN5O3S/c1-26-13-7-8-15(27-2)14(9-13)21-16(25)10-28-18-23-22-17(24(18)20)11-3-5-12(19)6-4-11/h3-9H,10,20H2,1-2H3,(H,21,25). The Balaban J connectivity index is 1.66. The molecule has 0 radical (unpaired) electrons. The molecule has 0 bridgehead atoms. The molecule has 2 aromatic carbocycles. The molecule has 0 saturated heterocycles. The molecule has 3 N–H and O–H groups in total. The molecule has 10 heteroatoms. The van der Waals surface area contributed by atoms with Gasteiger partial charge >= 0.3 is 0 Å². The van der Waals surface area contributed by atoms with Crippen LogP contribution in [0.4, 0.5) is 10.1 Å². The van der Waals surface area contributed by atoms with Crippen molar-refractivity contribution in [2.75, 3.05) is 31.1 Å². The van der Waals surface area contributed by atoms with E-state index in [0.29, 0.717) is 33.7 Å². The molecule has 28 heavy (non-hydrogen) atoms. The number of thioether (sulfide) groups is 1. The molecule has 146 valence electrons. The number of benzene rings is 2. The fraction of sp³-hybridized carbons (Fsp3) is 0.167. The number of methoxy groups -OCH3 is 2. The highest BCUT2D eigenvalue weighted by Gasteiger charge is 2.15. The van der Waals surface area contributed by atoms with E-state index in [4.69, 9.17) is 15.3 Å². The molecule has 3 aromatic rings. The van der Waals surface area contributed by atoms with Gasteiger partial charge in [-0.25, -0.2) is 9.07 Å². The highest BCUT2D eigenvalue weighted by Crippen LogP contribution is 2.29. The van der Waals surface area contributed by atoms with Gasteiger partial charge in [-0.3, -0.25) is 4.79 Å². The lowest BCUT2D eigenvalue weighted by atomic mass is 10.2. The zero-order valence-corrected chi connectivity index (χ0v) is 16.0. The van der Waals surface area contributed by atoms with E-state index in [1.54, 1.807) is 30.3 Å². The summed E-state index contributed by atoms with van der Waals surface area (Å²) in [5.74, 6) is 6.91. The van der Waals surface area contributed by atoms with Crippen molar-refractivity contribution in [3.05, 3.63) is 48.3 Å². The Hall–Kier alpha value is -3.27. The van der Waals surface area contributed by atoms with Gasteiger partial charge in [-0.05, 0) is 36.4 Å². The first kappa shape index (κ1) is 19.5. The predicted octanol–water partition coefficient (Wildman–Crippen LogP) is 2.55. The summed E-state index contributed by atoms with van der Waals surface area (Å²) in [5, 5.41) is 11.1. The van der Waals surface area contributed by atoms with Crippen LogP contribution in [0.3, 0.4) is 0 Å². The Kier molecular flexibility index (Phi) is 5.99. The van der Waals surface area contributed by atoms with E-state index in [0.717, 1.165) is 11.8 Å². The van der Waals surface area contributed by atoms with Gasteiger partial charge in [0.25, 0.3) is 0 Å². The molecule has 1 aromatic heterocycles. The van der Waals surface area contributed by atoms with Gasteiger partial charge in [0.1, 0.15) is 17.3 Å². The Morgan fingerprint density at radius 2 is 1.93 bits per heavy atom. The normalized spacial score (nSPS) is 10.5. The van der Waals surface area contributed by atoms with E-state index in [1.807, 2.05) is 0 Å². The number of amides is 1. The largest absolute Gasteiger partial charge is 0.497 e. The second kappa shape index (κ2) is 8.61. The molecule has 0 aliphatic carbocycles. The maximum absolute atomic E-state index is 13.1. The predicted molar refractivity (Wildman–Crippen MR) is 104 cm³/mol. The summed E-state index contributed by atoms with van der Waals surface area (Å²) in [6, 6.07) is 10.8. The van der Waals surface area contributed by atoms with Crippen molar-refractivity contribution >= 4 is 23.4 Å². The third kappa shape index (κ3) is 4.34. The summed E-state index contributed by atoms with van der Waals surface area (Å²) in [5.41, 5.74) is 1.11. The average Bonchev–Trinajstić information content (AvgIpc) is 3.07. The van der Waals surface area contributed by atoms with Crippen LogP contribution in [0, 0.1) is 5.82 Å². The third-order valence-corrected chi connectivity index (χ3v) is 4.72. The van der Waals surface area contributed by atoms with Gasteiger partial charge in [0.05, 0.1) is 25.7 Å². The highest BCUT2D eigenvalue weighted by molar-refractivity contribution is 7.99. The quantitative estimate of drug-likeness (QED) is 0.461. The lowest BCUT2D eigenvalue weighted by Gasteiger charge is -2.11. The van der Waals surface area contributed by atoms with Crippen LogP contribution in [0.2, 0.25) is 0 Å². The summed E-state index contributed by atoms with van der Waals surface area (Å²) in [6.45, 7) is 0. The van der Waals surface area contributed by atoms with Gasteiger partial charge in [0.15, 0.2) is 5.82 Å². The Labute approximate surface area is 164 Å². The summed E-state index contributed by atoms with van der Waals surface area (Å²) in [7, 11) is 3.05. The first-order chi connectivity index (χ1) is 13.5. The van der Waals surface area contributed by atoms with Gasteiger partial charge in [0.2, 0.25) is 11.1 Å². The number of carbonyl (C=O) groups excluding carboxylic acids is 1. The SMILES string of the molecule is COc1ccc(OC)c(NC(=O)CSc2nnc(-c3ccc(F)cc3)n2N)c1. The lowest BCUT2D eigenvalue weighted by Crippen LogP contribution is -2.17. The second-order valence-corrected chi connectivity index (χ2v) is 6.53. The van der Waals surface area contributed by atoms with E-state index < -0.39 is 0 Å². The maximum atomic E-state index is 13.1. The van der Waals surface area contributed by atoms with Crippen LogP contribution in [-0.4, -0.2) is 40.8 Å². The maximum Gasteiger partial charge on any atom is 0.234 e. The number of carbonyl (C=O) groups is 1. The molecule has 0 saturated carbocycles. The van der Waals surface area contributed by atoms with Crippen molar-refractivity contribution in [2.24, 2.45) is 0 Å². The zero-order valence-electron chi connectivity index (χ0n) is 15.2. The fourth-order valence-electron chi connectivity index (χ4n) is 2.40. The van der Waals surface area contributed by atoms with Crippen molar-refractivity contribution in [2.45, 2.75) is 5.16 Å². The molecule has 0 fully saturated rings. The van der Waals surface area contributed by atoms with E-state index in [2.05, 4.69) is 15.5 Å². The molecule has 1 heterocycles. The number of hydrogen-bond donors (Lipinski definition) is 2. The van der Waals surface area contributed by atoms with Crippen LogP contribution in [0.15, 0.2) is 47.6 Å². The molecule has 0 aliphatic rings. The second-order valence-electron chi connectivity index (χ2n) is 5.59. The fourth-order valence-corrected chi connectivity index (χ4v) is 3.06. The van der Waals surface area contributed by atoms with Crippen LogP contribution < -0.4 is 20.6 Å². The number of halogens is 1. The number of hydrogen-bond acceptors (Lipinski definition) is 7. The van der Waals surface area contributed by atoms with Crippen LogP contribution in [0.25, 0.3) is 11.4 Å². The number of nitrogen functional groups attached to an aromatic ring is 1. The summed E-state index contributed by atoms with van der Waals surface area (Å²) in [6.07, 6.45) is 0. The monoisotopic (exact) mass is 403 g/mol. The van der Waals surface area contributed by atoms with Gasteiger partial charge in [-0.2, -0.15) is 0 Å². The van der Waals surface area contributed by atoms with Crippen molar-refractivity contribution in [1.82, 2.24) is 14.9 Å². The summed E-state index contributed by atoms with van der Waals surface area (Å²) < 4.78 is 24.7. The van der Waals surface area contributed by atoms with Gasteiger partial charge in [0, 0.05) is 11.6 Å². The third-order valence-electron chi connectivity index (χ3n) is 3.78. The van der Waals surface area contributed by atoms with Gasteiger partial charge in [-0.1, -0.05) is 11.8 Å². The molecule has 0 spiro atoms. The first-order valence-corrected chi connectivity index (χ1v) is 9.11. The average molecular weight is 403 g/mol. The minimum Gasteiger partial charge on any atom is -0.497 e. The highest BCUT2D eigenvalue weighted by atomic mass is 32.2. The molecule has 0 aliphatic heterocycles. The van der Waals surface area contributed by atoms with Crippen LogP contribution in [0.1, 0.15) is 0 Å². The van der Waals surface area contributed by atoms with Crippen LogP contribution in [0.5, 0.6) is 11.5 Å². The number of anilines is 1. The van der Waals surface area contributed by atoms with E-state index in [1.165, 1.54) is 31.0 Å². The minimum atomic E-state index is -0.355. The molecule has 1 amide bonds. The number of rotatable bonds is 7. The van der Waals surface area contributed by atoms with Crippen molar-refractivity contribution in [3.8, 4) is 22.9 Å². The number of nitrogens with zero attached hydrogens (tertiary/aromatic N) is 3. The Morgan fingerprint density at radius 1 is 1.18 bits per heavy atom. The lowest BCUT2D eigenvalue weighted by molar-refractivity contribution is -0.113. The van der Waals surface area contributed by atoms with Crippen LogP contribution >= 0.6 is 11.8 Å². The number of aromatic nitrogens is 3. The molecule has 8 nitrogen and oxygen atoms in total. The number of ether oxygens (including phenoxy) is 2. The topological polar surface area (TPSA) is 104 Å². The van der Waals surface area contributed by atoms with Gasteiger partial charge in [-0.15, -0.1) is 10.2 Å². The zero-order chi connectivity index (χ0) is 20.1. The molecular formula is C18H18FN5O3S. The van der Waals surface area contributed by atoms with E-state index >= 15 is 0 Å². The summed E-state index contributed by atoms with van der Waals surface area (Å²) in [4.78, 5) is 12.3. The van der Waals surface area contributed by atoms with Gasteiger partial charge < -0.3 is 20.6 Å².